The molecule has 5 nitrogen and oxygen atoms in total. The van der Waals surface area contributed by atoms with Crippen molar-refractivity contribution < 1.29 is 4.92 Å². The minimum atomic E-state index is -0.364. The van der Waals surface area contributed by atoms with Crippen LogP contribution < -0.4 is 5.32 Å². The standard InChI is InChI=1S/C9H9N3O2S2/c13-12(14)9-1-7(5-15-9)2-10-3-8-4-11-6-16-8/h1,4-6,10H,2-3H2. The summed E-state index contributed by atoms with van der Waals surface area (Å²) in [5.74, 6) is 0. The molecule has 2 rings (SSSR count). The van der Waals surface area contributed by atoms with Crippen LogP contribution in [0.5, 0.6) is 0 Å². The number of nitro groups is 1. The predicted octanol–water partition coefficient (Wildman–Crippen LogP) is 2.40. The van der Waals surface area contributed by atoms with Crippen LogP contribution in [-0.2, 0) is 13.1 Å². The minimum absolute atomic E-state index is 0.189. The molecule has 0 aliphatic rings. The summed E-state index contributed by atoms with van der Waals surface area (Å²) in [5, 5.41) is 15.7. The van der Waals surface area contributed by atoms with Gasteiger partial charge in [-0.15, -0.1) is 11.3 Å². The maximum Gasteiger partial charge on any atom is 0.324 e. The van der Waals surface area contributed by atoms with E-state index in [1.807, 2.05) is 6.20 Å². The van der Waals surface area contributed by atoms with Crippen LogP contribution in [0.15, 0.2) is 23.2 Å². The van der Waals surface area contributed by atoms with Crippen molar-refractivity contribution in [3.63, 3.8) is 0 Å². The molecule has 0 atom stereocenters. The highest BCUT2D eigenvalue weighted by atomic mass is 32.1. The topological polar surface area (TPSA) is 68.1 Å². The summed E-state index contributed by atoms with van der Waals surface area (Å²) in [5.41, 5.74) is 2.73. The fourth-order valence-electron chi connectivity index (χ4n) is 1.21. The van der Waals surface area contributed by atoms with Crippen LogP contribution >= 0.6 is 22.7 Å². The lowest BCUT2D eigenvalue weighted by atomic mass is 10.3. The molecule has 0 unspecified atom stereocenters. The second-order valence-electron chi connectivity index (χ2n) is 3.12. The second kappa shape index (κ2) is 5.15. The number of nitrogens with zero attached hydrogens (tertiary/aromatic N) is 2. The van der Waals surface area contributed by atoms with Gasteiger partial charge in [-0.3, -0.25) is 15.1 Å². The average molecular weight is 255 g/mol. The Hall–Kier alpha value is -1.31. The van der Waals surface area contributed by atoms with Crippen LogP contribution in [0.2, 0.25) is 0 Å². The Morgan fingerprint density at radius 3 is 2.94 bits per heavy atom. The van der Waals surface area contributed by atoms with Crippen molar-refractivity contribution in [1.29, 1.82) is 0 Å². The van der Waals surface area contributed by atoms with Crippen LogP contribution in [0.1, 0.15) is 10.4 Å². The zero-order valence-electron chi connectivity index (χ0n) is 8.25. The number of rotatable bonds is 5. The summed E-state index contributed by atoms with van der Waals surface area (Å²) in [6, 6.07) is 1.60. The van der Waals surface area contributed by atoms with E-state index < -0.39 is 0 Å². The van der Waals surface area contributed by atoms with Gasteiger partial charge in [-0.2, -0.15) is 0 Å². The number of thiazole rings is 1. The first kappa shape index (κ1) is 11.2. The molecule has 84 valence electrons. The van der Waals surface area contributed by atoms with Gasteiger partial charge in [0, 0.05) is 35.6 Å². The highest BCUT2D eigenvalue weighted by Gasteiger charge is 2.08. The van der Waals surface area contributed by atoms with E-state index in [0.717, 1.165) is 28.3 Å². The molecule has 0 aromatic carbocycles. The van der Waals surface area contributed by atoms with Crippen LogP contribution in [0.25, 0.3) is 0 Å². The Labute approximate surface area is 99.9 Å². The van der Waals surface area contributed by atoms with Crippen LogP contribution in [0.4, 0.5) is 5.00 Å². The van der Waals surface area contributed by atoms with E-state index in [9.17, 15) is 10.1 Å². The first-order valence-electron chi connectivity index (χ1n) is 4.55. The predicted molar refractivity (Wildman–Crippen MR) is 63.6 cm³/mol. The Bertz CT molecular complexity index is 467. The number of hydrogen-bond acceptors (Lipinski definition) is 6. The highest BCUT2D eigenvalue weighted by Crippen LogP contribution is 2.22. The van der Waals surface area contributed by atoms with E-state index in [0.29, 0.717) is 6.54 Å². The molecule has 0 spiro atoms. The lowest BCUT2D eigenvalue weighted by Gasteiger charge is -1.99. The molecule has 2 aromatic heterocycles. The summed E-state index contributed by atoms with van der Waals surface area (Å²) >= 11 is 2.75. The van der Waals surface area contributed by atoms with Crippen LogP contribution in [0.3, 0.4) is 0 Å². The van der Waals surface area contributed by atoms with Gasteiger partial charge in [-0.1, -0.05) is 11.3 Å². The Kier molecular flexibility index (Phi) is 3.60. The molecule has 7 heteroatoms. The van der Waals surface area contributed by atoms with Gasteiger partial charge in [0.25, 0.3) is 0 Å². The third-order valence-electron chi connectivity index (χ3n) is 1.93. The molecule has 0 aliphatic heterocycles. The van der Waals surface area contributed by atoms with E-state index in [1.54, 1.807) is 28.3 Å². The lowest BCUT2D eigenvalue weighted by molar-refractivity contribution is -0.380. The SMILES string of the molecule is O=[N+]([O-])c1cc(CNCc2cncs2)cs1. The fraction of sp³-hybridized carbons (Fsp3) is 0.222. The minimum Gasteiger partial charge on any atom is -0.308 e. The fourth-order valence-corrected chi connectivity index (χ4v) is 2.50. The smallest absolute Gasteiger partial charge is 0.308 e. The van der Waals surface area contributed by atoms with Gasteiger partial charge in [0.05, 0.1) is 10.4 Å². The maximum atomic E-state index is 10.5. The van der Waals surface area contributed by atoms with Gasteiger partial charge in [0.2, 0.25) is 0 Å². The van der Waals surface area contributed by atoms with Crippen LogP contribution in [0, 0.1) is 10.1 Å². The number of thiophene rings is 1. The van der Waals surface area contributed by atoms with Crippen molar-refractivity contribution in [1.82, 2.24) is 10.3 Å². The molecule has 0 radical (unpaired) electrons. The molecule has 0 saturated heterocycles. The van der Waals surface area contributed by atoms with Gasteiger partial charge < -0.3 is 5.32 Å². The molecule has 0 amide bonds. The molecule has 0 fully saturated rings. The summed E-state index contributed by atoms with van der Waals surface area (Å²) < 4.78 is 0. The second-order valence-corrected chi connectivity index (χ2v) is 4.98. The first-order valence-corrected chi connectivity index (χ1v) is 6.31. The first-order chi connectivity index (χ1) is 7.75. The normalized spacial score (nSPS) is 10.5. The molecule has 0 saturated carbocycles. The summed E-state index contributed by atoms with van der Waals surface area (Å²) in [6.45, 7) is 1.39. The van der Waals surface area contributed by atoms with Gasteiger partial charge in [0.1, 0.15) is 0 Å². The van der Waals surface area contributed by atoms with Gasteiger partial charge in [-0.05, 0) is 5.56 Å². The zero-order chi connectivity index (χ0) is 11.4. The summed E-state index contributed by atoms with van der Waals surface area (Å²) in [4.78, 5) is 15.2. The largest absolute Gasteiger partial charge is 0.324 e. The number of nitrogens with one attached hydrogen (secondary N) is 1. The average Bonchev–Trinajstić information content (AvgIpc) is 2.87. The summed E-state index contributed by atoms with van der Waals surface area (Å²) in [7, 11) is 0. The van der Waals surface area contributed by atoms with Gasteiger partial charge >= 0.3 is 5.00 Å². The van der Waals surface area contributed by atoms with E-state index in [-0.39, 0.29) is 9.92 Å². The molecular weight excluding hydrogens is 246 g/mol. The molecule has 2 aromatic rings. The lowest BCUT2D eigenvalue weighted by Crippen LogP contribution is -2.10. The Morgan fingerprint density at radius 1 is 1.44 bits per heavy atom. The van der Waals surface area contributed by atoms with Crippen molar-refractivity contribution in [3.05, 3.63) is 43.7 Å². The van der Waals surface area contributed by atoms with E-state index in [1.165, 1.54) is 0 Å². The molecular formula is C9H9N3O2S2. The highest BCUT2D eigenvalue weighted by molar-refractivity contribution is 7.13. The third-order valence-corrected chi connectivity index (χ3v) is 3.64. The van der Waals surface area contributed by atoms with Crippen molar-refractivity contribution >= 4 is 27.7 Å². The van der Waals surface area contributed by atoms with E-state index >= 15 is 0 Å². The van der Waals surface area contributed by atoms with Gasteiger partial charge in [-0.25, -0.2) is 0 Å². The van der Waals surface area contributed by atoms with Crippen LogP contribution in [-0.4, -0.2) is 9.91 Å². The maximum absolute atomic E-state index is 10.5. The molecule has 16 heavy (non-hydrogen) atoms. The van der Waals surface area contributed by atoms with E-state index in [2.05, 4.69) is 10.3 Å². The third kappa shape index (κ3) is 2.84. The monoisotopic (exact) mass is 255 g/mol. The molecule has 0 aliphatic carbocycles. The van der Waals surface area contributed by atoms with Crippen molar-refractivity contribution in [2.75, 3.05) is 0 Å². The molecule has 2 heterocycles. The quantitative estimate of drug-likeness (QED) is 0.658. The van der Waals surface area contributed by atoms with Crippen molar-refractivity contribution in [2.24, 2.45) is 0 Å². The number of hydrogen-bond donors (Lipinski definition) is 1. The zero-order valence-corrected chi connectivity index (χ0v) is 9.88. The Morgan fingerprint density at radius 2 is 2.31 bits per heavy atom. The molecule has 0 bridgehead atoms. The summed E-state index contributed by atoms with van der Waals surface area (Å²) in [6.07, 6.45) is 1.81. The van der Waals surface area contributed by atoms with Crippen molar-refractivity contribution in [2.45, 2.75) is 13.1 Å². The Balaban J connectivity index is 1.83. The molecule has 1 N–H and O–H groups in total. The van der Waals surface area contributed by atoms with Crippen molar-refractivity contribution in [3.8, 4) is 0 Å². The number of aromatic nitrogens is 1. The van der Waals surface area contributed by atoms with E-state index in [4.69, 9.17) is 0 Å². The van der Waals surface area contributed by atoms with Gasteiger partial charge in [0.15, 0.2) is 0 Å².